The fraction of sp³-hybridized carbons (Fsp3) is 0.478. The lowest BCUT2D eigenvalue weighted by Crippen LogP contribution is -2.29. The molecule has 1 unspecified atom stereocenters. The summed E-state index contributed by atoms with van der Waals surface area (Å²) in [5.41, 5.74) is 3.48. The van der Waals surface area contributed by atoms with Gasteiger partial charge in [0.2, 0.25) is 0 Å². The Balaban J connectivity index is 2.04. The van der Waals surface area contributed by atoms with Crippen LogP contribution in [0.25, 0.3) is 16.9 Å². The summed E-state index contributed by atoms with van der Waals surface area (Å²) >= 11 is 6.40. The second-order valence-electron chi connectivity index (χ2n) is 8.10. The molecule has 0 aliphatic carbocycles. The number of likely N-dealkylation sites (N-methyl/N-ethyl adjacent to an activating group) is 2. The largest absolute Gasteiger partial charge is 0.491 e. The van der Waals surface area contributed by atoms with Gasteiger partial charge in [-0.2, -0.15) is 9.61 Å². The van der Waals surface area contributed by atoms with Crippen molar-refractivity contribution in [1.82, 2.24) is 19.9 Å². The van der Waals surface area contributed by atoms with Crippen LogP contribution in [0, 0.1) is 0 Å². The first-order chi connectivity index (χ1) is 15.3. The molecule has 0 saturated carbocycles. The van der Waals surface area contributed by atoms with Crippen LogP contribution in [0.3, 0.4) is 0 Å². The summed E-state index contributed by atoms with van der Waals surface area (Å²) in [6.45, 7) is 6.17. The Morgan fingerprint density at radius 1 is 1.25 bits per heavy atom. The standard InChI is InChI=1S/C23H32ClN5O3/c1-15(2)20-13-26-29-22(28(4)6-7-31-5)11-21(27-23(20)29)16-8-17(24)10-19(9-16)32-14-18(30)12-25-3/h8-11,13,15,18,25,30H,6-7,12,14H2,1-5H3. The lowest BCUT2D eigenvalue weighted by Gasteiger charge is -2.21. The molecule has 0 aliphatic heterocycles. The zero-order valence-corrected chi connectivity index (χ0v) is 20.1. The molecule has 3 rings (SSSR count). The van der Waals surface area contributed by atoms with Gasteiger partial charge in [0.15, 0.2) is 5.65 Å². The van der Waals surface area contributed by atoms with Crippen LogP contribution in [0.1, 0.15) is 25.3 Å². The van der Waals surface area contributed by atoms with Crippen molar-refractivity contribution in [3.8, 4) is 17.0 Å². The Kier molecular flexibility index (Phi) is 8.31. The van der Waals surface area contributed by atoms with Crippen LogP contribution in [0.15, 0.2) is 30.5 Å². The van der Waals surface area contributed by atoms with Crippen molar-refractivity contribution in [2.24, 2.45) is 0 Å². The molecule has 32 heavy (non-hydrogen) atoms. The molecule has 1 aromatic carbocycles. The van der Waals surface area contributed by atoms with Gasteiger partial charge in [-0.25, -0.2) is 4.98 Å². The number of anilines is 1. The first-order valence-electron chi connectivity index (χ1n) is 10.7. The van der Waals surface area contributed by atoms with E-state index in [-0.39, 0.29) is 12.5 Å². The number of aliphatic hydroxyl groups excluding tert-OH is 1. The van der Waals surface area contributed by atoms with Crippen molar-refractivity contribution in [2.45, 2.75) is 25.9 Å². The summed E-state index contributed by atoms with van der Waals surface area (Å²) in [6, 6.07) is 7.48. The lowest BCUT2D eigenvalue weighted by atomic mass is 10.1. The fourth-order valence-electron chi connectivity index (χ4n) is 3.41. The van der Waals surface area contributed by atoms with Crippen molar-refractivity contribution in [3.63, 3.8) is 0 Å². The zero-order chi connectivity index (χ0) is 23.3. The Morgan fingerprint density at radius 3 is 2.72 bits per heavy atom. The smallest absolute Gasteiger partial charge is 0.161 e. The third kappa shape index (κ3) is 5.69. The number of fused-ring (bicyclic) bond motifs is 1. The zero-order valence-electron chi connectivity index (χ0n) is 19.3. The summed E-state index contributed by atoms with van der Waals surface area (Å²) in [5.74, 6) is 1.76. The Labute approximate surface area is 194 Å². The molecule has 2 aromatic heterocycles. The van der Waals surface area contributed by atoms with Crippen LogP contribution >= 0.6 is 11.6 Å². The average molecular weight is 462 g/mol. The predicted octanol–water partition coefficient (Wildman–Crippen LogP) is 3.21. The van der Waals surface area contributed by atoms with Gasteiger partial charge in [-0.15, -0.1) is 0 Å². The third-order valence-corrected chi connectivity index (χ3v) is 5.39. The van der Waals surface area contributed by atoms with Crippen molar-refractivity contribution in [1.29, 1.82) is 0 Å². The van der Waals surface area contributed by atoms with E-state index >= 15 is 0 Å². The van der Waals surface area contributed by atoms with E-state index in [9.17, 15) is 5.11 Å². The van der Waals surface area contributed by atoms with E-state index in [4.69, 9.17) is 26.1 Å². The van der Waals surface area contributed by atoms with Gasteiger partial charge >= 0.3 is 0 Å². The first-order valence-corrected chi connectivity index (χ1v) is 11.1. The Morgan fingerprint density at radius 2 is 2.03 bits per heavy atom. The predicted molar refractivity (Wildman–Crippen MR) is 128 cm³/mol. The van der Waals surface area contributed by atoms with Crippen LogP contribution in [0.5, 0.6) is 5.75 Å². The highest BCUT2D eigenvalue weighted by Gasteiger charge is 2.18. The van der Waals surface area contributed by atoms with Gasteiger partial charge in [-0.1, -0.05) is 25.4 Å². The summed E-state index contributed by atoms with van der Waals surface area (Å²) in [7, 11) is 5.47. The molecule has 8 nitrogen and oxygen atoms in total. The van der Waals surface area contributed by atoms with Crippen LogP contribution in [0.4, 0.5) is 5.82 Å². The van der Waals surface area contributed by atoms with Crippen molar-refractivity contribution >= 4 is 23.1 Å². The second kappa shape index (κ2) is 11.0. The van der Waals surface area contributed by atoms with E-state index in [1.807, 2.05) is 36.0 Å². The number of hydrogen-bond acceptors (Lipinski definition) is 7. The summed E-state index contributed by atoms with van der Waals surface area (Å²) in [4.78, 5) is 7.02. The van der Waals surface area contributed by atoms with Crippen molar-refractivity contribution < 1.29 is 14.6 Å². The van der Waals surface area contributed by atoms with Gasteiger partial charge in [-0.3, -0.25) is 0 Å². The van der Waals surface area contributed by atoms with Gasteiger partial charge < -0.3 is 24.8 Å². The number of aliphatic hydroxyl groups is 1. The van der Waals surface area contributed by atoms with Crippen LogP contribution < -0.4 is 15.0 Å². The van der Waals surface area contributed by atoms with Crippen molar-refractivity contribution in [3.05, 3.63) is 41.0 Å². The maximum atomic E-state index is 9.95. The van der Waals surface area contributed by atoms with Gasteiger partial charge in [-0.05, 0) is 31.2 Å². The Bertz CT molecular complexity index is 1040. The number of nitrogens with one attached hydrogen (secondary N) is 1. The normalized spacial score (nSPS) is 12.5. The highest BCUT2D eigenvalue weighted by molar-refractivity contribution is 6.31. The highest BCUT2D eigenvalue weighted by Crippen LogP contribution is 2.32. The van der Waals surface area contributed by atoms with E-state index in [2.05, 4.69) is 29.2 Å². The maximum absolute atomic E-state index is 9.95. The quantitative estimate of drug-likeness (QED) is 0.453. The Hall–Kier alpha value is -2.39. The van der Waals surface area contributed by atoms with E-state index in [0.717, 1.165) is 28.3 Å². The van der Waals surface area contributed by atoms with Crippen LogP contribution in [-0.2, 0) is 4.74 Å². The minimum absolute atomic E-state index is 0.165. The molecule has 0 saturated heterocycles. The molecule has 9 heteroatoms. The molecule has 0 amide bonds. The SMILES string of the molecule is CNCC(O)COc1cc(Cl)cc(-c2cc(N(C)CCOC)n3ncc(C(C)C)c3n2)c1. The van der Waals surface area contributed by atoms with E-state index in [1.165, 1.54) is 0 Å². The monoisotopic (exact) mass is 461 g/mol. The highest BCUT2D eigenvalue weighted by atomic mass is 35.5. The van der Waals surface area contributed by atoms with Gasteiger partial charge in [0.25, 0.3) is 0 Å². The molecule has 0 aliphatic rings. The number of rotatable bonds is 11. The van der Waals surface area contributed by atoms with E-state index < -0.39 is 6.10 Å². The summed E-state index contributed by atoms with van der Waals surface area (Å²) in [6.07, 6.45) is 1.26. The lowest BCUT2D eigenvalue weighted by molar-refractivity contribution is 0.108. The number of hydrogen-bond donors (Lipinski definition) is 2. The molecule has 174 valence electrons. The number of methoxy groups -OCH3 is 1. The number of ether oxygens (including phenoxy) is 2. The third-order valence-electron chi connectivity index (χ3n) is 5.17. The molecule has 0 fully saturated rings. The van der Waals surface area contributed by atoms with Gasteiger partial charge in [0.05, 0.1) is 18.5 Å². The molecule has 2 N–H and O–H groups in total. The molecule has 3 aromatic rings. The second-order valence-corrected chi connectivity index (χ2v) is 8.54. The van der Waals surface area contributed by atoms with Crippen molar-refractivity contribution in [2.75, 3.05) is 52.4 Å². The van der Waals surface area contributed by atoms with Gasteiger partial charge in [0.1, 0.15) is 24.3 Å². The number of halogens is 1. The average Bonchev–Trinajstić information content (AvgIpc) is 3.19. The molecule has 1 atom stereocenters. The first kappa shape index (κ1) is 24.3. The summed E-state index contributed by atoms with van der Waals surface area (Å²) in [5, 5.41) is 18.0. The van der Waals surface area contributed by atoms with Gasteiger partial charge in [0, 0.05) is 49.5 Å². The van der Waals surface area contributed by atoms with E-state index in [1.54, 1.807) is 20.2 Å². The van der Waals surface area contributed by atoms with Crippen LogP contribution in [0.2, 0.25) is 5.02 Å². The topological polar surface area (TPSA) is 84.1 Å². The molecule has 0 radical (unpaired) electrons. The minimum atomic E-state index is -0.613. The maximum Gasteiger partial charge on any atom is 0.161 e. The molecule has 0 spiro atoms. The number of aromatic nitrogens is 3. The minimum Gasteiger partial charge on any atom is -0.491 e. The number of benzene rings is 1. The number of nitrogens with zero attached hydrogens (tertiary/aromatic N) is 4. The molecular formula is C23H32ClN5O3. The summed E-state index contributed by atoms with van der Waals surface area (Å²) < 4.78 is 12.9. The fourth-order valence-corrected chi connectivity index (χ4v) is 3.64. The molecule has 0 bridgehead atoms. The molecular weight excluding hydrogens is 430 g/mol. The molecule has 2 heterocycles. The van der Waals surface area contributed by atoms with Crippen LogP contribution in [-0.4, -0.2) is 73.3 Å². The van der Waals surface area contributed by atoms with E-state index in [0.29, 0.717) is 30.5 Å².